The van der Waals surface area contributed by atoms with E-state index in [1.54, 1.807) is 12.1 Å². The van der Waals surface area contributed by atoms with E-state index in [9.17, 15) is 9.18 Å². The lowest BCUT2D eigenvalue weighted by Gasteiger charge is -2.24. The molecule has 1 aliphatic rings. The third-order valence-electron chi connectivity index (χ3n) is 5.75. The van der Waals surface area contributed by atoms with Crippen LogP contribution < -0.4 is 4.74 Å². The molecule has 1 fully saturated rings. The molecule has 138 valence electrons. The van der Waals surface area contributed by atoms with Crippen LogP contribution in [0.15, 0.2) is 30.3 Å². The van der Waals surface area contributed by atoms with Gasteiger partial charge in [0.2, 0.25) is 0 Å². The number of esters is 1. The third kappa shape index (κ3) is 3.98. The van der Waals surface area contributed by atoms with Crippen LogP contribution in [-0.2, 0) is 4.79 Å². The molecule has 0 radical (unpaired) electrons. The molecule has 0 aliphatic heterocycles. The Morgan fingerprint density at radius 2 is 1.62 bits per heavy atom. The summed E-state index contributed by atoms with van der Waals surface area (Å²) in [6, 6.07) is 8.70. The average molecular weight is 354 g/mol. The minimum absolute atomic E-state index is 0.0589. The summed E-state index contributed by atoms with van der Waals surface area (Å²) in [5, 5.41) is 0. The maximum atomic E-state index is 14.7. The van der Waals surface area contributed by atoms with Crippen molar-refractivity contribution in [3.8, 4) is 16.9 Å². The zero-order valence-electron chi connectivity index (χ0n) is 16.1. The fourth-order valence-electron chi connectivity index (χ4n) is 3.68. The highest BCUT2D eigenvalue weighted by atomic mass is 19.1. The molecule has 0 amide bonds. The number of rotatable bonds is 3. The maximum absolute atomic E-state index is 14.7. The average Bonchev–Trinajstić information content (AvgIpc) is 2.60. The van der Waals surface area contributed by atoms with Crippen LogP contribution in [0.3, 0.4) is 0 Å². The summed E-state index contributed by atoms with van der Waals surface area (Å²) < 4.78 is 20.1. The van der Waals surface area contributed by atoms with Gasteiger partial charge in [0.05, 0.1) is 5.92 Å². The molecule has 0 unspecified atom stereocenters. The normalized spacial score (nSPS) is 20.0. The van der Waals surface area contributed by atoms with Crippen LogP contribution in [0.2, 0.25) is 0 Å². The number of benzene rings is 2. The van der Waals surface area contributed by atoms with Crippen LogP contribution >= 0.6 is 0 Å². The molecule has 0 bridgehead atoms. The molecule has 0 spiro atoms. The van der Waals surface area contributed by atoms with Crippen LogP contribution in [-0.4, -0.2) is 5.97 Å². The van der Waals surface area contributed by atoms with Crippen molar-refractivity contribution in [3.05, 3.63) is 52.8 Å². The molecule has 3 rings (SSSR count). The highest BCUT2D eigenvalue weighted by Crippen LogP contribution is 2.32. The molecule has 0 aromatic heterocycles. The molecule has 1 saturated carbocycles. The van der Waals surface area contributed by atoms with E-state index in [0.29, 0.717) is 11.5 Å². The Morgan fingerprint density at radius 3 is 2.19 bits per heavy atom. The quantitative estimate of drug-likeness (QED) is 0.488. The Labute approximate surface area is 155 Å². The van der Waals surface area contributed by atoms with E-state index in [0.717, 1.165) is 42.4 Å². The summed E-state index contributed by atoms with van der Waals surface area (Å²) in [4.78, 5) is 12.3. The van der Waals surface area contributed by atoms with Crippen molar-refractivity contribution < 1.29 is 13.9 Å². The van der Waals surface area contributed by atoms with Gasteiger partial charge in [-0.2, -0.15) is 0 Å². The van der Waals surface area contributed by atoms with Crippen molar-refractivity contribution in [2.24, 2.45) is 11.8 Å². The van der Waals surface area contributed by atoms with Gasteiger partial charge in [-0.05, 0) is 86.8 Å². The van der Waals surface area contributed by atoms with E-state index in [2.05, 4.69) is 13.8 Å². The molecule has 3 heteroatoms. The number of ether oxygens (including phenoxy) is 1. The van der Waals surface area contributed by atoms with Gasteiger partial charge in [0.1, 0.15) is 11.6 Å². The van der Waals surface area contributed by atoms with Crippen molar-refractivity contribution in [1.82, 2.24) is 0 Å². The Kier molecular flexibility index (Phi) is 5.45. The van der Waals surface area contributed by atoms with Gasteiger partial charge in [-0.15, -0.1) is 0 Å². The van der Waals surface area contributed by atoms with Crippen LogP contribution in [0.25, 0.3) is 11.1 Å². The van der Waals surface area contributed by atoms with Crippen LogP contribution in [0.1, 0.15) is 49.3 Å². The minimum Gasteiger partial charge on any atom is -0.426 e. The molecular formula is C23H27FO2. The van der Waals surface area contributed by atoms with E-state index in [-0.39, 0.29) is 23.5 Å². The Hall–Kier alpha value is -2.16. The molecule has 0 heterocycles. The smallest absolute Gasteiger partial charge is 0.314 e. The SMILES string of the molecule is Cc1cc(-c2ccc(OC(=O)C3CCC(C)CC3)cc2F)cc(C)c1C. The van der Waals surface area contributed by atoms with Gasteiger partial charge in [-0.3, -0.25) is 4.79 Å². The fourth-order valence-corrected chi connectivity index (χ4v) is 3.68. The maximum Gasteiger partial charge on any atom is 0.314 e. The largest absolute Gasteiger partial charge is 0.426 e. The minimum atomic E-state index is -0.366. The van der Waals surface area contributed by atoms with Gasteiger partial charge >= 0.3 is 5.97 Å². The molecule has 1 aliphatic carbocycles. The topological polar surface area (TPSA) is 26.3 Å². The second-order valence-corrected chi connectivity index (χ2v) is 7.75. The summed E-state index contributed by atoms with van der Waals surface area (Å²) in [5.41, 5.74) is 4.88. The second kappa shape index (κ2) is 7.61. The summed E-state index contributed by atoms with van der Waals surface area (Å²) in [7, 11) is 0. The molecule has 0 saturated heterocycles. The zero-order valence-corrected chi connectivity index (χ0v) is 16.1. The Morgan fingerprint density at radius 1 is 1.00 bits per heavy atom. The standard InChI is InChI=1S/C23H27FO2/c1-14-5-7-18(8-6-14)23(25)26-20-9-10-21(22(24)13-20)19-11-15(2)17(4)16(3)12-19/h9-14,18H,5-8H2,1-4H3. The predicted molar refractivity (Wildman–Crippen MR) is 103 cm³/mol. The van der Waals surface area contributed by atoms with Gasteiger partial charge in [-0.25, -0.2) is 4.39 Å². The van der Waals surface area contributed by atoms with Gasteiger partial charge in [-0.1, -0.05) is 19.1 Å². The Bertz CT molecular complexity index is 794. The number of hydrogen-bond acceptors (Lipinski definition) is 2. The van der Waals surface area contributed by atoms with Crippen LogP contribution in [0.4, 0.5) is 4.39 Å². The summed E-state index contributed by atoms with van der Waals surface area (Å²) in [6.07, 6.45) is 3.84. The van der Waals surface area contributed by atoms with E-state index < -0.39 is 0 Å². The van der Waals surface area contributed by atoms with Crippen molar-refractivity contribution >= 4 is 5.97 Å². The first-order chi connectivity index (χ1) is 12.3. The first-order valence-corrected chi connectivity index (χ1v) is 9.44. The first kappa shape index (κ1) is 18.6. The van der Waals surface area contributed by atoms with Crippen LogP contribution in [0, 0.1) is 38.4 Å². The van der Waals surface area contributed by atoms with E-state index in [4.69, 9.17) is 4.74 Å². The summed E-state index contributed by atoms with van der Waals surface area (Å²) in [5.74, 6) is 0.310. The van der Waals surface area contributed by atoms with Crippen molar-refractivity contribution in [2.45, 2.75) is 53.4 Å². The molecule has 0 N–H and O–H groups in total. The van der Waals surface area contributed by atoms with Crippen molar-refractivity contribution in [3.63, 3.8) is 0 Å². The van der Waals surface area contributed by atoms with Crippen molar-refractivity contribution in [1.29, 1.82) is 0 Å². The Balaban J connectivity index is 1.76. The van der Waals surface area contributed by atoms with Gasteiger partial charge in [0, 0.05) is 11.6 Å². The molecule has 0 atom stereocenters. The monoisotopic (exact) mass is 354 g/mol. The molecule has 2 aromatic rings. The van der Waals surface area contributed by atoms with E-state index in [1.807, 2.05) is 26.0 Å². The molecular weight excluding hydrogens is 327 g/mol. The van der Waals surface area contributed by atoms with Gasteiger partial charge in [0.15, 0.2) is 0 Å². The van der Waals surface area contributed by atoms with Crippen LogP contribution in [0.5, 0.6) is 5.75 Å². The van der Waals surface area contributed by atoms with E-state index in [1.165, 1.54) is 11.6 Å². The number of aryl methyl sites for hydroxylation is 2. The zero-order chi connectivity index (χ0) is 18.8. The molecule has 26 heavy (non-hydrogen) atoms. The summed E-state index contributed by atoms with van der Waals surface area (Å²) in [6.45, 7) is 8.35. The lowest BCUT2D eigenvalue weighted by atomic mass is 9.83. The summed E-state index contributed by atoms with van der Waals surface area (Å²) >= 11 is 0. The lowest BCUT2D eigenvalue weighted by molar-refractivity contribution is -0.140. The molecule has 2 aromatic carbocycles. The van der Waals surface area contributed by atoms with Gasteiger partial charge < -0.3 is 4.74 Å². The second-order valence-electron chi connectivity index (χ2n) is 7.75. The number of carbonyl (C=O) groups is 1. The van der Waals surface area contributed by atoms with Gasteiger partial charge in [0.25, 0.3) is 0 Å². The number of hydrogen-bond donors (Lipinski definition) is 0. The fraction of sp³-hybridized carbons (Fsp3) is 0.435. The molecule has 2 nitrogen and oxygen atoms in total. The number of carbonyl (C=O) groups excluding carboxylic acids is 1. The highest BCUT2D eigenvalue weighted by Gasteiger charge is 2.26. The third-order valence-corrected chi connectivity index (χ3v) is 5.75. The van der Waals surface area contributed by atoms with E-state index >= 15 is 0 Å². The van der Waals surface area contributed by atoms with Crippen molar-refractivity contribution in [2.75, 3.05) is 0 Å². The highest BCUT2D eigenvalue weighted by molar-refractivity contribution is 5.76. The first-order valence-electron chi connectivity index (χ1n) is 9.44. The predicted octanol–water partition coefficient (Wildman–Crippen LogP) is 6.15. The lowest BCUT2D eigenvalue weighted by Crippen LogP contribution is -2.25. The number of halogens is 1.